The highest BCUT2D eigenvalue weighted by Gasteiger charge is 2.27. The van der Waals surface area contributed by atoms with Crippen LogP contribution in [0.5, 0.6) is 11.5 Å². The van der Waals surface area contributed by atoms with Gasteiger partial charge in [-0.2, -0.15) is 5.10 Å². The molecule has 0 bridgehead atoms. The molecule has 12 heteroatoms. The predicted molar refractivity (Wildman–Crippen MR) is 197 cm³/mol. The molecule has 0 spiro atoms. The lowest BCUT2D eigenvalue weighted by Gasteiger charge is -2.32. The number of imide groups is 1. The highest BCUT2D eigenvalue weighted by Crippen LogP contribution is 2.37. The molecule has 1 unspecified atom stereocenters. The van der Waals surface area contributed by atoms with E-state index in [0.29, 0.717) is 42.3 Å². The number of likely N-dealkylation sites (tertiary alicyclic amines) is 1. The number of ether oxygens (including phenoxy) is 2. The topological polar surface area (TPSA) is 143 Å². The van der Waals surface area contributed by atoms with E-state index < -0.39 is 0 Å². The minimum Gasteiger partial charge on any atom is -0.496 e. The number of nitrogens with zero attached hydrogens (tertiary/aromatic N) is 3. The number of methoxy groups -OCH3 is 2. The number of aryl methyl sites for hydroxylation is 1. The predicted octanol–water partition coefficient (Wildman–Crippen LogP) is 5.15. The molecule has 2 aromatic heterocycles. The molecule has 2 saturated heterocycles. The molecule has 4 N–H and O–H groups in total. The maximum atomic E-state index is 12.6. The lowest BCUT2D eigenvalue weighted by atomic mass is 9.89. The fraction of sp³-hybridized carbons (Fsp3) is 0.333. The Labute approximate surface area is 296 Å². The van der Waals surface area contributed by atoms with Gasteiger partial charge in [-0.05, 0) is 91.4 Å². The Kier molecular flexibility index (Phi) is 9.76. The molecular formula is C39H43N7O5. The molecule has 51 heavy (non-hydrogen) atoms. The van der Waals surface area contributed by atoms with Crippen LogP contribution in [-0.2, 0) is 29.7 Å². The van der Waals surface area contributed by atoms with E-state index >= 15 is 0 Å². The SMILES string of the molecule is COc1cc(-c2cn(C)c(=O)c3[nH]ncc23)cc(OC)c1CNc1ccc(CN2CCC(c3ccc(NC4CCC(=O)NC4=O)cc3)CC2)cc1. The normalized spacial score (nSPS) is 17.0. The highest BCUT2D eigenvalue weighted by molar-refractivity contribution is 6.01. The monoisotopic (exact) mass is 689 g/mol. The summed E-state index contributed by atoms with van der Waals surface area (Å²) in [5.74, 6) is 1.41. The van der Waals surface area contributed by atoms with Crippen LogP contribution in [0.15, 0.2) is 77.9 Å². The van der Waals surface area contributed by atoms with E-state index in [1.54, 1.807) is 38.2 Å². The molecule has 7 rings (SSSR count). The van der Waals surface area contributed by atoms with E-state index in [1.807, 2.05) is 24.3 Å². The number of amides is 2. The molecule has 0 saturated carbocycles. The van der Waals surface area contributed by atoms with Crippen molar-refractivity contribution in [2.45, 2.75) is 50.7 Å². The van der Waals surface area contributed by atoms with Crippen LogP contribution < -0.4 is 31.0 Å². The molecule has 264 valence electrons. The largest absolute Gasteiger partial charge is 0.496 e. The van der Waals surface area contributed by atoms with Crippen molar-refractivity contribution in [1.82, 2.24) is 25.0 Å². The third-order valence-corrected chi connectivity index (χ3v) is 10.1. The molecule has 1 atom stereocenters. The summed E-state index contributed by atoms with van der Waals surface area (Å²) in [6.45, 7) is 3.46. The maximum absolute atomic E-state index is 12.6. The first-order valence-electron chi connectivity index (χ1n) is 17.3. The second-order valence-corrected chi connectivity index (χ2v) is 13.3. The van der Waals surface area contributed by atoms with Gasteiger partial charge in [0, 0.05) is 55.1 Å². The van der Waals surface area contributed by atoms with Crippen molar-refractivity contribution in [3.05, 3.63) is 100 Å². The Hall–Kier alpha value is -5.62. The van der Waals surface area contributed by atoms with Crippen molar-refractivity contribution in [3.63, 3.8) is 0 Å². The number of pyridine rings is 1. The summed E-state index contributed by atoms with van der Waals surface area (Å²) in [5.41, 5.74) is 7.42. The summed E-state index contributed by atoms with van der Waals surface area (Å²) in [5, 5.41) is 16.8. The van der Waals surface area contributed by atoms with Crippen LogP contribution in [0.2, 0.25) is 0 Å². The molecule has 4 heterocycles. The second-order valence-electron chi connectivity index (χ2n) is 13.3. The molecule has 2 fully saturated rings. The number of anilines is 2. The van der Waals surface area contributed by atoms with Crippen molar-refractivity contribution >= 4 is 34.1 Å². The van der Waals surface area contributed by atoms with Crippen LogP contribution in [0.25, 0.3) is 22.0 Å². The smallest absolute Gasteiger partial charge is 0.276 e. The zero-order chi connectivity index (χ0) is 35.5. The Morgan fingerprint density at radius 2 is 1.59 bits per heavy atom. The van der Waals surface area contributed by atoms with Crippen LogP contribution in [0, 0.1) is 0 Å². The van der Waals surface area contributed by atoms with E-state index in [9.17, 15) is 14.4 Å². The first-order valence-corrected chi connectivity index (χ1v) is 17.3. The summed E-state index contributed by atoms with van der Waals surface area (Å²) >= 11 is 0. The van der Waals surface area contributed by atoms with Crippen molar-refractivity contribution in [3.8, 4) is 22.6 Å². The number of nitrogens with one attached hydrogen (secondary N) is 4. The van der Waals surface area contributed by atoms with Gasteiger partial charge in [-0.15, -0.1) is 0 Å². The number of carbonyl (C=O) groups excluding carboxylic acids is 2. The van der Waals surface area contributed by atoms with Gasteiger partial charge in [-0.3, -0.25) is 29.7 Å². The Morgan fingerprint density at radius 1 is 0.902 bits per heavy atom. The van der Waals surface area contributed by atoms with Crippen molar-refractivity contribution in [2.24, 2.45) is 7.05 Å². The molecule has 0 radical (unpaired) electrons. The summed E-state index contributed by atoms with van der Waals surface area (Å²) in [6, 6.07) is 20.5. The van der Waals surface area contributed by atoms with Gasteiger partial charge in [0.05, 0.1) is 26.0 Å². The quantitative estimate of drug-likeness (QED) is 0.139. The van der Waals surface area contributed by atoms with E-state index in [1.165, 1.54) is 11.1 Å². The van der Waals surface area contributed by atoms with Gasteiger partial charge in [-0.1, -0.05) is 24.3 Å². The van der Waals surface area contributed by atoms with E-state index in [-0.39, 0.29) is 23.4 Å². The summed E-state index contributed by atoms with van der Waals surface area (Å²) in [6.07, 6.45) is 6.54. The molecule has 12 nitrogen and oxygen atoms in total. The molecule has 5 aromatic rings. The molecular weight excluding hydrogens is 646 g/mol. The van der Waals surface area contributed by atoms with Crippen LogP contribution in [0.1, 0.15) is 48.3 Å². The molecule has 2 amide bonds. The van der Waals surface area contributed by atoms with Crippen molar-refractivity contribution in [1.29, 1.82) is 0 Å². The molecule has 0 aliphatic carbocycles. The van der Waals surface area contributed by atoms with Crippen LogP contribution in [-0.4, -0.2) is 64.8 Å². The number of aromatic nitrogens is 3. The van der Waals surface area contributed by atoms with Gasteiger partial charge in [-0.25, -0.2) is 0 Å². The first-order chi connectivity index (χ1) is 24.8. The number of rotatable bonds is 11. The number of H-pyrrole nitrogens is 1. The average molecular weight is 690 g/mol. The van der Waals surface area contributed by atoms with Gasteiger partial charge in [0.15, 0.2) is 0 Å². The fourth-order valence-electron chi connectivity index (χ4n) is 7.18. The van der Waals surface area contributed by atoms with E-state index in [0.717, 1.165) is 65.9 Å². The summed E-state index contributed by atoms with van der Waals surface area (Å²) in [7, 11) is 5.02. The summed E-state index contributed by atoms with van der Waals surface area (Å²) < 4.78 is 13.2. The van der Waals surface area contributed by atoms with Gasteiger partial charge < -0.3 is 24.7 Å². The number of hydrogen-bond donors (Lipinski definition) is 4. The molecule has 2 aliphatic rings. The Bertz CT molecular complexity index is 2070. The fourth-order valence-corrected chi connectivity index (χ4v) is 7.18. The number of fused-ring (bicyclic) bond motifs is 1. The lowest BCUT2D eigenvalue weighted by molar-refractivity contribution is -0.133. The van der Waals surface area contributed by atoms with Gasteiger partial charge in [0.2, 0.25) is 11.8 Å². The highest BCUT2D eigenvalue weighted by atomic mass is 16.5. The van der Waals surface area contributed by atoms with E-state index in [4.69, 9.17) is 9.47 Å². The van der Waals surface area contributed by atoms with Crippen LogP contribution in [0.4, 0.5) is 11.4 Å². The van der Waals surface area contributed by atoms with Crippen LogP contribution >= 0.6 is 0 Å². The standard InChI is InChI=1S/C39H43N7O5/c1-45-23-32(30-21-41-44-37(30)39(45)49)27-18-34(50-2)31(35(19-27)51-3)20-40-28-8-4-24(5-9-28)22-46-16-14-26(15-17-46)25-6-10-29(11-7-25)42-33-12-13-36(47)43-38(33)48/h4-11,18-19,21,23,26,33,40,42H,12-17,20,22H2,1-3H3,(H,41,44)(H,43,47,48). The Morgan fingerprint density at radius 3 is 2.25 bits per heavy atom. The first kappa shape index (κ1) is 33.9. The molecule has 3 aromatic carbocycles. The lowest BCUT2D eigenvalue weighted by Crippen LogP contribution is -2.47. The zero-order valence-corrected chi connectivity index (χ0v) is 29.1. The number of aromatic amines is 1. The van der Waals surface area contributed by atoms with Gasteiger partial charge in [0.25, 0.3) is 5.56 Å². The van der Waals surface area contributed by atoms with E-state index in [2.05, 4.69) is 67.4 Å². The van der Waals surface area contributed by atoms with Crippen molar-refractivity contribution < 1.29 is 19.1 Å². The minimum atomic E-state index is -0.373. The third-order valence-electron chi connectivity index (χ3n) is 10.1. The second kappa shape index (κ2) is 14.7. The van der Waals surface area contributed by atoms with Gasteiger partial charge >= 0.3 is 0 Å². The van der Waals surface area contributed by atoms with Crippen LogP contribution in [0.3, 0.4) is 0 Å². The average Bonchev–Trinajstić information content (AvgIpc) is 3.65. The number of hydrogen-bond acceptors (Lipinski definition) is 9. The summed E-state index contributed by atoms with van der Waals surface area (Å²) in [4.78, 5) is 38.6. The third kappa shape index (κ3) is 7.32. The van der Waals surface area contributed by atoms with Gasteiger partial charge in [0.1, 0.15) is 23.1 Å². The van der Waals surface area contributed by atoms with Crippen molar-refractivity contribution in [2.75, 3.05) is 37.9 Å². The Balaban J connectivity index is 0.931. The number of carbonyl (C=O) groups is 2. The number of piperidine rings is 2. The number of benzene rings is 3. The zero-order valence-electron chi connectivity index (χ0n) is 29.1. The maximum Gasteiger partial charge on any atom is 0.276 e. The molecule has 2 aliphatic heterocycles. The minimum absolute atomic E-state index is 0.135.